The van der Waals surface area contributed by atoms with E-state index in [9.17, 15) is 0 Å². The first kappa shape index (κ1) is 11.0. The van der Waals surface area contributed by atoms with Crippen LogP contribution in [-0.2, 0) is 0 Å². The van der Waals surface area contributed by atoms with E-state index in [1.54, 1.807) is 11.3 Å². The van der Waals surface area contributed by atoms with Crippen molar-refractivity contribution in [1.29, 1.82) is 0 Å². The Morgan fingerprint density at radius 1 is 1.46 bits per heavy atom. The molecule has 1 heterocycles. The van der Waals surface area contributed by atoms with Gasteiger partial charge in [-0.1, -0.05) is 19.9 Å². The third-order valence-electron chi connectivity index (χ3n) is 2.27. The number of halogens is 1. The molecular weight excluding hydrogens is 202 g/mol. The lowest BCUT2D eigenvalue weighted by Crippen LogP contribution is -2.28. The third-order valence-corrected chi connectivity index (χ3v) is 3.54. The summed E-state index contributed by atoms with van der Waals surface area (Å²) in [6, 6.07) is 4.65. The lowest BCUT2D eigenvalue weighted by Gasteiger charge is -2.26. The molecule has 1 aromatic rings. The van der Waals surface area contributed by atoms with Crippen molar-refractivity contribution in [2.75, 3.05) is 19.0 Å². The highest BCUT2D eigenvalue weighted by molar-refractivity contribution is 7.10. The molecule has 1 nitrogen and oxygen atoms in total. The monoisotopic (exact) mass is 217 g/mol. The standard InChI is InChI=1S/C10H16ClNS/c1-3-12(4-2)9(8-11)10-6-5-7-13-10/h5-7,9H,3-4,8H2,1-2H3. The molecule has 1 rings (SSSR count). The maximum absolute atomic E-state index is 5.98. The van der Waals surface area contributed by atoms with E-state index >= 15 is 0 Å². The zero-order valence-electron chi connectivity index (χ0n) is 8.16. The molecule has 0 aliphatic heterocycles. The molecule has 74 valence electrons. The van der Waals surface area contributed by atoms with Gasteiger partial charge in [0.15, 0.2) is 0 Å². The molecule has 0 bridgehead atoms. The first-order valence-corrected chi connectivity index (χ1v) is 6.08. The Kier molecular flexibility index (Phi) is 4.78. The van der Waals surface area contributed by atoms with E-state index in [1.807, 2.05) is 0 Å². The summed E-state index contributed by atoms with van der Waals surface area (Å²) in [6.07, 6.45) is 0. The molecule has 0 radical (unpaired) electrons. The summed E-state index contributed by atoms with van der Waals surface area (Å²) in [4.78, 5) is 3.76. The summed E-state index contributed by atoms with van der Waals surface area (Å²) in [7, 11) is 0. The Hall–Kier alpha value is -0.0500. The van der Waals surface area contributed by atoms with Gasteiger partial charge in [-0.05, 0) is 24.5 Å². The van der Waals surface area contributed by atoms with Crippen LogP contribution in [0.15, 0.2) is 17.5 Å². The van der Waals surface area contributed by atoms with Gasteiger partial charge in [0, 0.05) is 10.8 Å². The summed E-state index contributed by atoms with van der Waals surface area (Å²) in [6.45, 7) is 6.48. The van der Waals surface area contributed by atoms with Crippen LogP contribution in [0.3, 0.4) is 0 Å². The smallest absolute Gasteiger partial charge is 0.0577 e. The maximum Gasteiger partial charge on any atom is 0.0577 e. The van der Waals surface area contributed by atoms with Crippen molar-refractivity contribution in [3.8, 4) is 0 Å². The van der Waals surface area contributed by atoms with Crippen molar-refractivity contribution < 1.29 is 0 Å². The number of thiophene rings is 1. The highest BCUT2D eigenvalue weighted by Gasteiger charge is 2.16. The van der Waals surface area contributed by atoms with E-state index in [0.29, 0.717) is 11.9 Å². The SMILES string of the molecule is CCN(CC)C(CCl)c1cccs1. The quantitative estimate of drug-likeness (QED) is 0.684. The minimum absolute atomic E-state index is 0.400. The summed E-state index contributed by atoms with van der Waals surface area (Å²) < 4.78 is 0. The van der Waals surface area contributed by atoms with E-state index in [4.69, 9.17) is 11.6 Å². The molecule has 1 atom stereocenters. The molecule has 1 unspecified atom stereocenters. The Balaban J connectivity index is 2.72. The fraction of sp³-hybridized carbons (Fsp3) is 0.600. The van der Waals surface area contributed by atoms with Crippen LogP contribution >= 0.6 is 22.9 Å². The van der Waals surface area contributed by atoms with Crippen molar-refractivity contribution in [2.45, 2.75) is 19.9 Å². The summed E-state index contributed by atoms with van der Waals surface area (Å²) >= 11 is 7.76. The molecule has 0 spiro atoms. The van der Waals surface area contributed by atoms with Gasteiger partial charge in [-0.15, -0.1) is 22.9 Å². The fourth-order valence-corrected chi connectivity index (χ4v) is 2.81. The lowest BCUT2D eigenvalue weighted by molar-refractivity contribution is 0.240. The van der Waals surface area contributed by atoms with E-state index < -0.39 is 0 Å². The summed E-state index contributed by atoms with van der Waals surface area (Å²) in [5.41, 5.74) is 0. The second-order valence-corrected chi connectivity index (χ2v) is 4.19. The fourth-order valence-electron chi connectivity index (χ4n) is 1.50. The predicted octanol–water partition coefficient (Wildman–Crippen LogP) is 3.37. The molecule has 0 aliphatic carbocycles. The highest BCUT2D eigenvalue weighted by Crippen LogP contribution is 2.25. The summed E-state index contributed by atoms with van der Waals surface area (Å²) in [5, 5.41) is 2.11. The van der Waals surface area contributed by atoms with E-state index in [2.05, 4.69) is 36.3 Å². The zero-order chi connectivity index (χ0) is 9.68. The zero-order valence-corrected chi connectivity index (χ0v) is 9.74. The predicted molar refractivity (Wildman–Crippen MR) is 60.7 cm³/mol. The maximum atomic E-state index is 5.98. The highest BCUT2D eigenvalue weighted by atomic mass is 35.5. The van der Waals surface area contributed by atoms with Gasteiger partial charge in [0.05, 0.1) is 6.04 Å². The number of hydrogen-bond acceptors (Lipinski definition) is 2. The van der Waals surface area contributed by atoms with Gasteiger partial charge in [-0.2, -0.15) is 0 Å². The van der Waals surface area contributed by atoms with Crippen LogP contribution < -0.4 is 0 Å². The van der Waals surface area contributed by atoms with Gasteiger partial charge in [0.25, 0.3) is 0 Å². The second kappa shape index (κ2) is 5.63. The second-order valence-electron chi connectivity index (χ2n) is 2.91. The van der Waals surface area contributed by atoms with Crippen LogP contribution in [0, 0.1) is 0 Å². The van der Waals surface area contributed by atoms with E-state index in [-0.39, 0.29) is 0 Å². The molecule has 0 amide bonds. The van der Waals surface area contributed by atoms with Crippen LogP contribution in [0.25, 0.3) is 0 Å². The molecule has 13 heavy (non-hydrogen) atoms. The molecule has 0 aliphatic rings. The molecule has 0 aromatic carbocycles. The molecule has 3 heteroatoms. The minimum Gasteiger partial charge on any atom is -0.295 e. The van der Waals surface area contributed by atoms with Gasteiger partial charge >= 0.3 is 0 Å². The van der Waals surface area contributed by atoms with Crippen LogP contribution in [0.5, 0.6) is 0 Å². The molecule has 1 aromatic heterocycles. The Morgan fingerprint density at radius 3 is 2.54 bits per heavy atom. The first-order valence-electron chi connectivity index (χ1n) is 4.66. The topological polar surface area (TPSA) is 3.24 Å². The van der Waals surface area contributed by atoms with E-state index in [1.165, 1.54) is 4.88 Å². The molecule has 0 saturated heterocycles. The van der Waals surface area contributed by atoms with E-state index in [0.717, 1.165) is 13.1 Å². The Bertz CT molecular complexity index is 219. The van der Waals surface area contributed by atoms with Gasteiger partial charge in [0.1, 0.15) is 0 Å². The number of rotatable bonds is 5. The van der Waals surface area contributed by atoms with Crippen molar-refractivity contribution in [3.05, 3.63) is 22.4 Å². The van der Waals surface area contributed by atoms with Gasteiger partial charge < -0.3 is 0 Å². The number of hydrogen-bond donors (Lipinski definition) is 0. The van der Waals surface area contributed by atoms with Gasteiger partial charge in [0.2, 0.25) is 0 Å². The first-order chi connectivity index (χ1) is 6.33. The van der Waals surface area contributed by atoms with Gasteiger partial charge in [-0.25, -0.2) is 0 Å². The van der Waals surface area contributed by atoms with Crippen molar-refractivity contribution in [1.82, 2.24) is 4.90 Å². The average molecular weight is 218 g/mol. The Morgan fingerprint density at radius 2 is 2.15 bits per heavy atom. The van der Waals surface area contributed by atoms with Crippen molar-refractivity contribution in [3.63, 3.8) is 0 Å². The van der Waals surface area contributed by atoms with Gasteiger partial charge in [-0.3, -0.25) is 4.90 Å². The largest absolute Gasteiger partial charge is 0.295 e. The third kappa shape index (κ3) is 2.70. The van der Waals surface area contributed by atoms with Crippen LogP contribution in [0.1, 0.15) is 24.8 Å². The molecule has 0 fully saturated rings. The van der Waals surface area contributed by atoms with Crippen LogP contribution in [0.4, 0.5) is 0 Å². The van der Waals surface area contributed by atoms with Crippen LogP contribution in [-0.4, -0.2) is 23.9 Å². The molecule has 0 N–H and O–H groups in total. The summed E-state index contributed by atoms with van der Waals surface area (Å²) in [5.74, 6) is 0.683. The van der Waals surface area contributed by atoms with Crippen molar-refractivity contribution in [2.24, 2.45) is 0 Å². The molecule has 0 saturated carbocycles. The van der Waals surface area contributed by atoms with Crippen molar-refractivity contribution >= 4 is 22.9 Å². The number of alkyl halides is 1. The molecular formula is C10H16ClNS. The minimum atomic E-state index is 0.400. The lowest BCUT2D eigenvalue weighted by atomic mass is 10.2. The number of nitrogens with zero attached hydrogens (tertiary/aromatic N) is 1. The Labute approximate surface area is 89.3 Å². The average Bonchev–Trinajstić information content (AvgIpc) is 2.66. The normalized spacial score (nSPS) is 13.5. The van der Waals surface area contributed by atoms with Crippen LogP contribution in [0.2, 0.25) is 0 Å².